The molecule has 2 fully saturated rings. The number of amides is 1. The highest BCUT2D eigenvalue weighted by atomic mass is 16.6. The molecule has 0 aromatic carbocycles. The van der Waals surface area contributed by atoms with Gasteiger partial charge in [0.25, 0.3) is 0 Å². The van der Waals surface area contributed by atoms with Crippen molar-refractivity contribution >= 4 is 5.91 Å². The van der Waals surface area contributed by atoms with Crippen molar-refractivity contribution in [2.75, 3.05) is 26.3 Å². The molecule has 0 bridgehead atoms. The number of fused-ring (bicyclic) bond motifs is 1. The lowest BCUT2D eigenvalue weighted by Crippen LogP contribution is -2.33. The number of ether oxygens (including phenoxy) is 3. The van der Waals surface area contributed by atoms with Crippen molar-refractivity contribution in [2.45, 2.75) is 38.1 Å². The maximum atomic E-state index is 12.6. The number of carbonyl (C=O) groups is 1. The molecule has 4 rings (SSSR count). The van der Waals surface area contributed by atoms with E-state index in [0.717, 1.165) is 11.4 Å². The highest BCUT2D eigenvalue weighted by Gasteiger charge is 2.39. The molecule has 2 aromatic rings. The highest BCUT2D eigenvalue weighted by molar-refractivity contribution is 5.76. The number of likely N-dealkylation sites (tertiary alicyclic amines) is 1. The Bertz CT molecular complexity index is 791. The summed E-state index contributed by atoms with van der Waals surface area (Å²) in [5.74, 6) is 0.835. The van der Waals surface area contributed by atoms with Gasteiger partial charge < -0.3 is 19.1 Å². The highest BCUT2D eigenvalue weighted by Crippen LogP contribution is 2.23. The van der Waals surface area contributed by atoms with E-state index in [4.69, 9.17) is 14.2 Å². The lowest BCUT2D eigenvalue weighted by atomic mass is 10.2. The van der Waals surface area contributed by atoms with E-state index >= 15 is 0 Å². The minimum atomic E-state index is -0.177. The molecule has 4 heterocycles. The van der Waals surface area contributed by atoms with E-state index in [0.29, 0.717) is 44.9 Å². The topological polar surface area (TPSA) is 78.7 Å². The summed E-state index contributed by atoms with van der Waals surface area (Å²) in [4.78, 5) is 18.7. The minimum Gasteiger partial charge on any atom is -0.484 e. The molecule has 2 saturated heterocycles. The van der Waals surface area contributed by atoms with Crippen LogP contribution in [0.4, 0.5) is 0 Å². The molecule has 2 aromatic heterocycles. The van der Waals surface area contributed by atoms with Gasteiger partial charge in [0.1, 0.15) is 24.1 Å². The summed E-state index contributed by atoms with van der Waals surface area (Å²) in [7, 11) is 1.89. The van der Waals surface area contributed by atoms with E-state index < -0.39 is 0 Å². The molecule has 0 N–H and O–H groups in total. The number of rotatable bonds is 5. The van der Waals surface area contributed by atoms with Gasteiger partial charge >= 0.3 is 0 Å². The summed E-state index contributed by atoms with van der Waals surface area (Å²) in [6.07, 6.45) is 4.22. The van der Waals surface area contributed by atoms with Crippen LogP contribution in [0, 0.1) is 6.92 Å². The van der Waals surface area contributed by atoms with Crippen LogP contribution in [0.1, 0.15) is 17.8 Å². The van der Waals surface area contributed by atoms with Gasteiger partial charge in [-0.25, -0.2) is 0 Å². The quantitative estimate of drug-likeness (QED) is 0.767. The average Bonchev–Trinajstić information content (AvgIpc) is 3.25. The van der Waals surface area contributed by atoms with Gasteiger partial charge in [-0.15, -0.1) is 0 Å². The van der Waals surface area contributed by atoms with E-state index in [2.05, 4.69) is 10.1 Å². The summed E-state index contributed by atoms with van der Waals surface area (Å²) < 4.78 is 19.7. The molecule has 0 aliphatic carbocycles. The Hall–Kier alpha value is -2.45. The average molecular weight is 386 g/mol. The van der Waals surface area contributed by atoms with Crippen LogP contribution in [-0.2, 0) is 27.7 Å². The molecular formula is C20H26N4O4. The van der Waals surface area contributed by atoms with Crippen molar-refractivity contribution < 1.29 is 19.0 Å². The van der Waals surface area contributed by atoms with Crippen LogP contribution in [0.2, 0.25) is 0 Å². The third kappa shape index (κ3) is 4.34. The van der Waals surface area contributed by atoms with Gasteiger partial charge in [-0.3, -0.25) is 14.5 Å². The Morgan fingerprint density at radius 3 is 2.57 bits per heavy atom. The molecule has 2 aliphatic heterocycles. The molecule has 8 heteroatoms. The summed E-state index contributed by atoms with van der Waals surface area (Å²) in [6, 6.07) is 5.76. The normalized spacial score (nSPS) is 22.7. The van der Waals surface area contributed by atoms with Gasteiger partial charge in [0, 0.05) is 44.1 Å². The zero-order valence-corrected chi connectivity index (χ0v) is 16.3. The van der Waals surface area contributed by atoms with Crippen molar-refractivity contribution in [3.05, 3.63) is 42.0 Å². The first kappa shape index (κ1) is 18.9. The Morgan fingerprint density at radius 1 is 1.21 bits per heavy atom. The molecule has 2 atom stereocenters. The van der Waals surface area contributed by atoms with Crippen molar-refractivity contribution in [1.82, 2.24) is 19.7 Å². The van der Waals surface area contributed by atoms with Gasteiger partial charge in [-0.2, -0.15) is 5.10 Å². The first-order chi connectivity index (χ1) is 13.6. The van der Waals surface area contributed by atoms with Gasteiger partial charge in [-0.1, -0.05) is 0 Å². The molecule has 2 aliphatic rings. The predicted octanol–water partition coefficient (Wildman–Crippen LogP) is 1.13. The molecule has 0 radical (unpaired) electrons. The zero-order chi connectivity index (χ0) is 19.5. The van der Waals surface area contributed by atoms with Crippen LogP contribution in [0.5, 0.6) is 5.75 Å². The fraction of sp³-hybridized carbons (Fsp3) is 0.550. The number of hydrogen-bond donors (Lipinski definition) is 0. The molecular weight excluding hydrogens is 360 g/mol. The molecule has 0 unspecified atom stereocenters. The Labute approximate surface area is 164 Å². The fourth-order valence-electron chi connectivity index (χ4n) is 3.60. The van der Waals surface area contributed by atoms with E-state index in [1.54, 1.807) is 17.1 Å². The maximum Gasteiger partial charge on any atom is 0.223 e. The van der Waals surface area contributed by atoms with Gasteiger partial charge in [0.15, 0.2) is 0 Å². The molecule has 150 valence electrons. The zero-order valence-electron chi connectivity index (χ0n) is 16.3. The Balaban J connectivity index is 1.26. The monoisotopic (exact) mass is 386 g/mol. The SMILES string of the molecule is Cc1ccc(OC2CO[C@H]3CN(C(=O)CCc4ccnn4C)C[C@@H]3OC2)cn1. The van der Waals surface area contributed by atoms with Crippen molar-refractivity contribution in [3.8, 4) is 5.75 Å². The fourth-order valence-corrected chi connectivity index (χ4v) is 3.60. The van der Waals surface area contributed by atoms with Gasteiger partial charge in [-0.05, 0) is 31.5 Å². The van der Waals surface area contributed by atoms with Crippen molar-refractivity contribution in [2.24, 2.45) is 7.05 Å². The first-order valence-electron chi connectivity index (χ1n) is 9.65. The second-order valence-corrected chi connectivity index (χ2v) is 7.36. The van der Waals surface area contributed by atoms with Crippen molar-refractivity contribution in [1.29, 1.82) is 0 Å². The number of carbonyl (C=O) groups excluding carboxylic acids is 1. The van der Waals surface area contributed by atoms with Gasteiger partial charge in [0.05, 0.1) is 19.4 Å². The first-order valence-corrected chi connectivity index (χ1v) is 9.65. The second kappa shape index (κ2) is 8.28. The van der Waals surface area contributed by atoms with Gasteiger partial charge in [0.2, 0.25) is 5.91 Å². The number of aromatic nitrogens is 3. The molecule has 28 heavy (non-hydrogen) atoms. The number of aryl methyl sites for hydroxylation is 3. The van der Waals surface area contributed by atoms with Crippen molar-refractivity contribution in [3.63, 3.8) is 0 Å². The van der Waals surface area contributed by atoms with E-state index in [1.165, 1.54) is 0 Å². The van der Waals surface area contributed by atoms with Crippen LogP contribution >= 0.6 is 0 Å². The van der Waals surface area contributed by atoms with E-state index in [9.17, 15) is 4.79 Å². The lowest BCUT2D eigenvalue weighted by molar-refractivity contribution is -0.131. The standard InChI is InChI=1S/C20H26N4O4/c1-14-3-5-16(9-21-14)28-17-12-26-18-10-24(11-19(18)27-13-17)20(25)6-4-15-7-8-22-23(15)2/h3,5,7-9,17-19H,4,6,10-13H2,1-2H3/t18-,19-/m0/s1. The van der Waals surface area contributed by atoms with Crippen LogP contribution in [0.3, 0.4) is 0 Å². The van der Waals surface area contributed by atoms with E-state index in [-0.39, 0.29) is 24.2 Å². The smallest absolute Gasteiger partial charge is 0.223 e. The summed E-state index contributed by atoms with van der Waals surface area (Å²) in [5.41, 5.74) is 2.00. The Kier molecular flexibility index (Phi) is 5.59. The maximum absolute atomic E-state index is 12.6. The molecule has 1 amide bonds. The Morgan fingerprint density at radius 2 is 1.96 bits per heavy atom. The van der Waals surface area contributed by atoms with Crippen LogP contribution in [-0.4, -0.2) is 70.2 Å². The molecule has 0 saturated carbocycles. The largest absolute Gasteiger partial charge is 0.484 e. The predicted molar refractivity (Wildman–Crippen MR) is 101 cm³/mol. The molecule has 0 spiro atoms. The summed E-state index contributed by atoms with van der Waals surface area (Å²) in [5, 5.41) is 4.14. The summed E-state index contributed by atoms with van der Waals surface area (Å²) >= 11 is 0. The van der Waals surface area contributed by atoms with Crippen LogP contribution in [0.25, 0.3) is 0 Å². The van der Waals surface area contributed by atoms with Crippen LogP contribution < -0.4 is 4.74 Å². The van der Waals surface area contributed by atoms with Crippen LogP contribution in [0.15, 0.2) is 30.6 Å². The number of hydrogen-bond acceptors (Lipinski definition) is 6. The molecule has 8 nitrogen and oxygen atoms in total. The minimum absolute atomic E-state index is 0.106. The number of nitrogens with zero attached hydrogens (tertiary/aromatic N) is 4. The lowest BCUT2D eigenvalue weighted by Gasteiger charge is -2.19. The third-order valence-corrected chi connectivity index (χ3v) is 5.26. The number of pyridine rings is 1. The second-order valence-electron chi connectivity index (χ2n) is 7.36. The van der Waals surface area contributed by atoms with E-state index in [1.807, 2.05) is 37.1 Å². The summed E-state index contributed by atoms with van der Waals surface area (Å²) in [6.45, 7) is 3.94. The third-order valence-electron chi connectivity index (χ3n) is 5.26.